The summed E-state index contributed by atoms with van der Waals surface area (Å²) in [7, 11) is 3.20. The number of anilines is 1. The minimum Gasteiger partial charge on any atom is -0.481 e. The highest BCUT2D eigenvalue weighted by Crippen LogP contribution is 2.43. The number of piperidine rings is 1. The number of hydrogen-bond acceptors (Lipinski definition) is 6. The van der Waals surface area contributed by atoms with Crippen molar-refractivity contribution < 1.29 is 37.3 Å². The highest BCUT2D eigenvalue weighted by molar-refractivity contribution is 5.87. The molecule has 11 heteroatoms. The van der Waals surface area contributed by atoms with Crippen LogP contribution in [0.3, 0.4) is 0 Å². The Morgan fingerprint density at radius 3 is 2.38 bits per heavy atom. The summed E-state index contributed by atoms with van der Waals surface area (Å²) in [4.78, 5) is 31.9. The SMILES string of the molecule is COC[C@@H]1C[C@@H](c2ccc(C(F)(F)F)cc2N2CCC(C(=O)O)CC2)CN1C(=O)[C@@]1(OC)CCN(C2CCCCC2)C1. The summed E-state index contributed by atoms with van der Waals surface area (Å²) in [5, 5.41) is 9.43. The lowest BCUT2D eigenvalue weighted by Gasteiger charge is -2.36. The summed E-state index contributed by atoms with van der Waals surface area (Å²) >= 11 is 0. The first-order chi connectivity index (χ1) is 20.1. The smallest absolute Gasteiger partial charge is 0.416 e. The Bertz CT molecular complexity index is 1120. The number of halogens is 3. The maximum atomic E-state index is 14.3. The Hall–Kier alpha value is -2.37. The second-order valence-corrected chi connectivity index (χ2v) is 12.6. The van der Waals surface area contributed by atoms with Gasteiger partial charge >= 0.3 is 12.1 Å². The first-order valence-electron chi connectivity index (χ1n) is 15.3. The van der Waals surface area contributed by atoms with Crippen LogP contribution in [0.15, 0.2) is 18.2 Å². The normalized spacial score (nSPS) is 28.5. The standard InChI is InChI=1S/C31H44F3N3O5/c1-41-19-25-16-22(18-37(25)29(40)30(42-2)12-15-36(20-30)24-6-4-3-5-7-24)26-9-8-23(31(32,33)34)17-27(26)35-13-10-21(11-14-35)28(38)39/h8-9,17,21-22,24-25H,3-7,10-16,18-20H2,1-2H3,(H,38,39)/t22-,25+,30-/m1/s1. The molecule has 0 aromatic heterocycles. The van der Waals surface area contributed by atoms with Crippen LogP contribution in [0.5, 0.6) is 0 Å². The van der Waals surface area contributed by atoms with E-state index in [4.69, 9.17) is 9.47 Å². The molecule has 4 fully saturated rings. The van der Waals surface area contributed by atoms with Crippen molar-refractivity contribution in [3.8, 4) is 0 Å². The lowest BCUT2D eigenvalue weighted by Crippen LogP contribution is -2.54. The molecule has 3 saturated heterocycles. The Morgan fingerprint density at radius 2 is 1.76 bits per heavy atom. The number of carboxylic acid groups (broad SMARTS) is 1. The summed E-state index contributed by atoms with van der Waals surface area (Å²) in [6, 6.07) is 4.12. The van der Waals surface area contributed by atoms with Crippen molar-refractivity contribution in [2.75, 3.05) is 58.5 Å². The van der Waals surface area contributed by atoms with Gasteiger partial charge < -0.3 is 24.4 Å². The molecule has 0 unspecified atom stereocenters. The number of carbonyl (C=O) groups is 2. The van der Waals surface area contributed by atoms with Crippen LogP contribution >= 0.6 is 0 Å². The van der Waals surface area contributed by atoms with Gasteiger partial charge in [-0.2, -0.15) is 13.2 Å². The first-order valence-corrected chi connectivity index (χ1v) is 15.3. The fraction of sp³-hybridized carbons (Fsp3) is 0.742. The highest BCUT2D eigenvalue weighted by atomic mass is 19.4. The molecule has 42 heavy (non-hydrogen) atoms. The van der Waals surface area contributed by atoms with Crippen LogP contribution in [-0.2, 0) is 25.2 Å². The largest absolute Gasteiger partial charge is 0.481 e. The fourth-order valence-corrected chi connectivity index (χ4v) is 7.71. The van der Waals surface area contributed by atoms with E-state index in [-0.39, 0.29) is 17.9 Å². The van der Waals surface area contributed by atoms with Gasteiger partial charge in [-0.15, -0.1) is 0 Å². The molecule has 0 spiro atoms. The predicted octanol–water partition coefficient (Wildman–Crippen LogP) is 4.76. The summed E-state index contributed by atoms with van der Waals surface area (Å²) < 4.78 is 52.9. The molecule has 0 radical (unpaired) electrons. The maximum Gasteiger partial charge on any atom is 0.416 e. The molecule has 3 atom stereocenters. The monoisotopic (exact) mass is 595 g/mol. The van der Waals surface area contributed by atoms with Gasteiger partial charge in [0.1, 0.15) is 0 Å². The van der Waals surface area contributed by atoms with E-state index in [1.807, 2.05) is 9.80 Å². The van der Waals surface area contributed by atoms with Gasteiger partial charge in [0, 0.05) is 64.6 Å². The molecular weight excluding hydrogens is 551 g/mol. The molecular formula is C31H44F3N3O5. The third-order valence-electron chi connectivity index (χ3n) is 10.1. The van der Waals surface area contributed by atoms with Crippen molar-refractivity contribution in [1.82, 2.24) is 9.80 Å². The van der Waals surface area contributed by atoms with Gasteiger partial charge in [-0.05, 0) is 56.2 Å². The van der Waals surface area contributed by atoms with Crippen LogP contribution in [0.1, 0.15) is 74.8 Å². The molecule has 3 heterocycles. The number of carbonyl (C=O) groups excluding carboxylic acids is 1. The number of hydrogen-bond donors (Lipinski definition) is 1. The number of carboxylic acids is 1. The minimum absolute atomic E-state index is 0.0661. The number of likely N-dealkylation sites (tertiary alicyclic amines) is 2. The van der Waals surface area contributed by atoms with Gasteiger partial charge in [0.05, 0.1) is 24.1 Å². The minimum atomic E-state index is -4.50. The van der Waals surface area contributed by atoms with E-state index < -0.39 is 29.2 Å². The van der Waals surface area contributed by atoms with Gasteiger partial charge in [-0.25, -0.2) is 0 Å². The molecule has 1 amide bonds. The lowest BCUT2D eigenvalue weighted by molar-refractivity contribution is -0.155. The first kappa shape index (κ1) is 31.1. The van der Waals surface area contributed by atoms with E-state index in [1.54, 1.807) is 20.3 Å². The average Bonchev–Trinajstić information content (AvgIpc) is 3.62. The van der Waals surface area contributed by atoms with Crippen LogP contribution < -0.4 is 4.90 Å². The van der Waals surface area contributed by atoms with Crippen molar-refractivity contribution >= 4 is 17.6 Å². The number of rotatable bonds is 8. The van der Waals surface area contributed by atoms with Gasteiger partial charge in [0.2, 0.25) is 0 Å². The number of aliphatic carboxylic acids is 1. The Balaban J connectivity index is 1.39. The van der Waals surface area contributed by atoms with Crippen molar-refractivity contribution in [3.05, 3.63) is 29.3 Å². The Labute approximate surface area is 246 Å². The molecule has 4 aliphatic rings. The predicted molar refractivity (Wildman–Crippen MR) is 152 cm³/mol. The van der Waals surface area contributed by atoms with Gasteiger partial charge in [0.25, 0.3) is 5.91 Å². The fourth-order valence-electron chi connectivity index (χ4n) is 7.71. The lowest BCUT2D eigenvalue weighted by atomic mass is 9.91. The van der Waals surface area contributed by atoms with E-state index >= 15 is 0 Å². The molecule has 1 aliphatic carbocycles. The second kappa shape index (κ2) is 12.7. The number of alkyl halides is 3. The maximum absolute atomic E-state index is 14.3. The summed E-state index contributed by atoms with van der Waals surface area (Å²) in [5.41, 5.74) is -0.432. The third-order valence-corrected chi connectivity index (χ3v) is 10.1. The van der Waals surface area contributed by atoms with Gasteiger partial charge in [-0.3, -0.25) is 14.5 Å². The van der Waals surface area contributed by atoms with Crippen molar-refractivity contribution in [2.24, 2.45) is 5.92 Å². The van der Waals surface area contributed by atoms with E-state index in [0.717, 1.165) is 31.0 Å². The van der Waals surface area contributed by atoms with E-state index in [0.29, 0.717) is 70.2 Å². The average molecular weight is 596 g/mol. The van der Waals surface area contributed by atoms with Gasteiger partial charge in [0.15, 0.2) is 5.60 Å². The zero-order chi connectivity index (χ0) is 30.1. The van der Waals surface area contributed by atoms with Crippen LogP contribution in [-0.4, -0.2) is 98.0 Å². The zero-order valence-electron chi connectivity index (χ0n) is 24.7. The molecule has 234 valence electrons. The van der Waals surface area contributed by atoms with Crippen LogP contribution in [0.2, 0.25) is 0 Å². The number of nitrogens with zero attached hydrogens (tertiary/aromatic N) is 3. The van der Waals surface area contributed by atoms with E-state index in [9.17, 15) is 27.9 Å². The van der Waals surface area contributed by atoms with Crippen LogP contribution in [0, 0.1) is 5.92 Å². The Kier molecular flexibility index (Phi) is 9.39. The van der Waals surface area contributed by atoms with E-state index in [2.05, 4.69) is 4.90 Å². The third kappa shape index (κ3) is 6.28. The quantitative estimate of drug-likeness (QED) is 0.464. The number of ether oxygens (including phenoxy) is 2. The molecule has 8 nitrogen and oxygen atoms in total. The number of amides is 1. The molecule has 1 N–H and O–H groups in total. The summed E-state index contributed by atoms with van der Waals surface area (Å²) in [6.45, 7) is 2.79. The van der Waals surface area contributed by atoms with Crippen LogP contribution in [0.4, 0.5) is 18.9 Å². The molecule has 3 aliphatic heterocycles. The summed E-state index contributed by atoms with van der Waals surface area (Å²) in [5.74, 6) is -1.62. The molecule has 5 rings (SSSR count). The van der Waals surface area contributed by atoms with Crippen molar-refractivity contribution in [3.63, 3.8) is 0 Å². The molecule has 1 saturated carbocycles. The highest BCUT2D eigenvalue weighted by Gasteiger charge is 2.51. The summed E-state index contributed by atoms with van der Waals surface area (Å²) in [6.07, 6.45) is 3.40. The Morgan fingerprint density at radius 1 is 1.05 bits per heavy atom. The second-order valence-electron chi connectivity index (χ2n) is 12.6. The number of methoxy groups -OCH3 is 2. The molecule has 0 bridgehead atoms. The van der Waals surface area contributed by atoms with Crippen LogP contribution in [0.25, 0.3) is 0 Å². The van der Waals surface area contributed by atoms with Crippen molar-refractivity contribution in [1.29, 1.82) is 0 Å². The van der Waals surface area contributed by atoms with Gasteiger partial charge in [-0.1, -0.05) is 25.3 Å². The van der Waals surface area contributed by atoms with E-state index in [1.165, 1.54) is 25.3 Å². The topological polar surface area (TPSA) is 82.5 Å². The zero-order valence-corrected chi connectivity index (χ0v) is 24.7. The van der Waals surface area contributed by atoms with Crippen molar-refractivity contribution in [2.45, 2.75) is 87.6 Å². The number of benzene rings is 1. The molecule has 1 aromatic carbocycles. The molecule has 1 aromatic rings.